The van der Waals surface area contributed by atoms with Gasteiger partial charge < -0.3 is 0 Å². The summed E-state index contributed by atoms with van der Waals surface area (Å²) in [5, 5.41) is 0. The Labute approximate surface area is 72.4 Å². The van der Waals surface area contributed by atoms with Crippen molar-refractivity contribution in [3.05, 3.63) is 34.9 Å². The van der Waals surface area contributed by atoms with Crippen LogP contribution >= 0.6 is 0 Å². The van der Waals surface area contributed by atoms with Crippen molar-refractivity contribution in [3.8, 4) is 0 Å². The maximum atomic E-state index is 10.7. The molecule has 0 aromatic heterocycles. The van der Waals surface area contributed by atoms with Crippen LogP contribution in [0.25, 0.3) is 0 Å². The van der Waals surface area contributed by atoms with Gasteiger partial charge in [-0.3, -0.25) is 4.79 Å². The number of hydrogen-bond acceptors (Lipinski definition) is 1. The number of fused-ring (bicyclic) bond motifs is 1. The molecule has 1 aliphatic carbocycles. The van der Waals surface area contributed by atoms with Crippen molar-refractivity contribution >= 4 is 6.29 Å². The quantitative estimate of drug-likeness (QED) is 0.577. The fraction of sp³-hybridized carbons (Fsp3) is 0.364. The molecule has 0 amide bonds. The van der Waals surface area contributed by atoms with Crippen LogP contribution in [0.15, 0.2) is 18.2 Å². The van der Waals surface area contributed by atoms with E-state index in [1.165, 1.54) is 17.5 Å². The van der Waals surface area contributed by atoms with Gasteiger partial charge in [-0.15, -0.1) is 0 Å². The van der Waals surface area contributed by atoms with Crippen LogP contribution in [0.3, 0.4) is 0 Å². The average Bonchev–Trinajstić information content (AvgIpc) is 2.48. The number of carbonyl (C=O) groups excluding carboxylic acids is 1. The summed E-state index contributed by atoms with van der Waals surface area (Å²) in [5.41, 5.74) is 3.54. The van der Waals surface area contributed by atoms with Gasteiger partial charge in [-0.1, -0.05) is 25.1 Å². The van der Waals surface area contributed by atoms with Crippen LogP contribution in [0.4, 0.5) is 0 Å². The lowest BCUT2D eigenvalue weighted by Crippen LogP contribution is -1.91. The molecule has 62 valence electrons. The minimum atomic E-state index is 0.639. The first-order valence-electron chi connectivity index (χ1n) is 4.40. The van der Waals surface area contributed by atoms with E-state index in [0.29, 0.717) is 5.92 Å². The van der Waals surface area contributed by atoms with Crippen molar-refractivity contribution < 1.29 is 4.79 Å². The number of rotatable bonds is 1. The Bertz CT molecular complexity index is 315. The second kappa shape index (κ2) is 2.74. The van der Waals surface area contributed by atoms with Crippen LogP contribution in [-0.4, -0.2) is 6.29 Å². The van der Waals surface area contributed by atoms with Gasteiger partial charge in [-0.2, -0.15) is 0 Å². The molecule has 2 rings (SSSR count). The Morgan fingerprint density at radius 2 is 2.33 bits per heavy atom. The second-order valence-corrected chi connectivity index (χ2v) is 3.47. The largest absolute Gasteiger partial charge is 0.298 e. The number of hydrogen-bond donors (Lipinski definition) is 0. The van der Waals surface area contributed by atoms with Crippen molar-refractivity contribution in [1.29, 1.82) is 0 Å². The molecule has 0 fully saturated rings. The molecule has 0 heterocycles. The van der Waals surface area contributed by atoms with Gasteiger partial charge in [0.25, 0.3) is 0 Å². The topological polar surface area (TPSA) is 17.1 Å². The van der Waals surface area contributed by atoms with Crippen LogP contribution in [0.2, 0.25) is 0 Å². The first-order chi connectivity index (χ1) is 5.83. The Morgan fingerprint density at radius 1 is 1.50 bits per heavy atom. The van der Waals surface area contributed by atoms with Crippen molar-refractivity contribution in [3.63, 3.8) is 0 Å². The standard InChI is InChI=1S/C11H12O/c1-8-5-6-11-9(7-12)3-2-4-10(8)11/h2-4,7-8H,5-6H2,1H3. The highest BCUT2D eigenvalue weighted by molar-refractivity contribution is 5.78. The molecule has 12 heavy (non-hydrogen) atoms. The summed E-state index contributed by atoms with van der Waals surface area (Å²) < 4.78 is 0. The fourth-order valence-electron chi connectivity index (χ4n) is 2.00. The first kappa shape index (κ1) is 7.53. The summed E-state index contributed by atoms with van der Waals surface area (Å²) in [7, 11) is 0. The molecular weight excluding hydrogens is 148 g/mol. The van der Waals surface area contributed by atoms with E-state index in [-0.39, 0.29) is 0 Å². The van der Waals surface area contributed by atoms with E-state index in [1.807, 2.05) is 12.1 Å². The van der Waals surface area contributed by atoms with Gasteiger partial charge in [0.05, 0.1) is 0 Å². The molecule has 0 aliphatic heterocycles. The SMILES string of the molecule is CC1CCc2c(C=O)cccc21. The zero-order valence-corrected chi connectivity index (χ0v) is 7.21. The highest BCUT2D eigenvalue weighted by Crippen LogP contribution is 2.33. The summed E-state index contributed by atoms with van der Waals surface area (Å²) in [4.78, 5) is 10.7. The molecule has 0 N–H and O–H groups in total. The van der Waals surface area contributed by atoms with E-state index in [2.05, 4.69) is 13.0 Å². The third kappa shape index (κ3) is 0.970. The average molecular weight is 160 g/mol. The molecule has 1 atom stereocenters. The molecule has 0 saturated carbocycles. The first-order valence-corrected chi connectivity index (χ1v) is 4.40. The maximum absolute atomic E-state index is 10.7. The van der Waals surface area contributed by atoms with Gasteiger partial charge in [0.1, 0.15) is 6.29 Å². The predicted molar refractivity (Wildman–Crippen MR) is 48.6 cm³/mol. The van der Waals surface area contributed by atoms with Crippen LogP contribution < -0.4 is 0 Å². The smallest absolute Gasteiger partial charge is 0.150 e. The lowest BCUT2D eigenvalue weighted by Gasteiger charge is -2.04. The molecule has 1 nitrogen and oxygen atoms in total. The van der Waals surface area contributed by atoms with Gasteiger partial charge >= 0.3 is 0 Å². The van der Waals surface area contributed by atoms with Crippen LogP contribution in [0.5, 0.6) is 0 Å². The third-order valence-electron chi connectivity index (χ3n) is 2.73. The normalized spacial score (nSPS) is 20.6. The molecule has 0 radical (unpaired) electrons. The molecule has 0 spiro atoms. The minimum Gasteiger partial charge on any atom is -0.298 e. The molecule has 0 saturated heterocycles. The summed E-state index contributed by atoms with van der Waals surface area (Å²) in [6, 6.07) is 6.02. The van der Waals surface area contributed by atoms with Crippen LogP contribution in [-0.2, 0) is 6.42 Å². The van der Waals surface area contributed by atoms with E-state index in [9.17, 15) is 4.79 Å². The van der Waals surface area contributed by atoms with E-state index in [1.54, 1.807) is 0 Å². The lowest BCUT2D eigenvalue weighted by atomic mass is 10.0. The molecule has 1 aromatic carbocycles. The zero-order chi connectivity index (χ0) is 8.55. The highest BCUT2D eigenvalue weighted by atomic mass is 16.1. The summed E-state index contributed by atoms with van der Waals surface area (Å²) in [6.07, 6.45) is 3.24. The minimum absolute atomic E-state index is 0.639. The van der Waals surface area contributed by atoms with Crippen molar-refractivity contribution in [1.82, 2.24) is 0 Å². The Morgan fingerprint density at radius 3 is 3.08 bits per heavy atom. The molecule has 1 unspecified atom stereocenters. The summed E-state index contributed by atoms with van der Waals surface area (Å²) in [6.45, 7) is 2.22. The van der Waals surface area contributed by atoms with Crippen LogP contribution in [0, 0.1) is 0 Å². The molecule has 0 bridgehead atoms. The van der Waals surface area contributed by atoms with Crippen molar-refractivity contribution in [2.45, 2.75) is 25.7 Å². The monoisotopic (exact) mass is 160 g/mol. The second-order valence-electron chi connectivity index (χ2n) is 3.47. The number of carbonyl (C=O) groups is 1. The van der Waals surface area contributed by atoms with Crippen LogP contribution in [0.1, 0.15) is 40.7 Å². The van der Waals surface area contributed by atoms with Gasteiger partial charge in [0.2, 0.25) is 0 Å². The Hall–Kier alpha value is -1.11. The van der Waals surface area contributed by atoms with E-state index in [0.717, 1.165) is 18.3 Å². The Balaban J connectivity index is 2.57. The number of benzene rings is 1. The van der Waals surface area contributed by atoms with E-state index < -0.39 is 0 Å². The zero-order valence-electron chi connectivity index (χ0n) is 7.21. The highest BCUT2D eigenvalue weighted by Gasteiger charge is 2.19. The maximum Gasteiger partial charge on any atom is 0.150 e. The van der Waals surface area contributed by atoms with E-state index in [4.69, 9.17) is 0 Å². The molecule has 1 aliphatic rings. The van der Waals surface area contributed by atoms with Gasteiger partial charge in [0, 0.05) is 5.56 Å². The van der Waals surface area contributed by atoms with Crippen molar-refractivity contribution in [2.75, 3.05) is 0 Å². The van der Waals surface area contributed by atoms with Gasteiger partial charge in [-0.05, 0) is 29.9 Å². The third-order valence-corrected chi connectivity index (χ3v) is 2.73. The van der Waals surface area contributed by atoms with Gasteiger partial charge in [-0.25, -0.2) is 0 Å². The van der Waals surface area contributed by atoms with E-state index >= 15 is 0 Å². The Kier molecular flexibility index (Phi) is 1.72. The molecular formula is C11H12O. The lowest BCUT2D eigenvalue weighted by molar-refractivity contribution is 0.112. The molecule has 1 heteroatoms. The molecule has 1 aromatic rings. The van der Waals surface area contributed by atoms with Gasteiger partial charge in [0.15, 0.2) is 0 Å². The predicted octanol–water partition coefficient (Wildman–Crippen LogP) is 2.55. The summed E-state index contributed by atoms with van der Waals surface area (Å²) >= 11 is 0. The number of aldehydes is 1. The summed E-state index contributed by atoms with van der Waals surface area (Å²) in [5.74, 6) is 0.639. The van der Waals surface area contributed by atoms with Crippen molar-refractivity contribution in [2.24, 2.45) is 0 Å². The fourth-order valence-corrected chi connectivity index (χ4v) is 2.00.